The summed E-state index contributed by atoms with van der Waals surface area (Å²) < 4.78 is 11.5. The molecule has 0 aromatic heterocycles. The first-order valence-electron chi connectivity index (χ1n) is 9.18. The Kier molecular flexibility index (Phi) is 5.78. The topological polar surface area (TPSA) is 88.7 Å². The highest BCUT2D eigenvalue weighted by atomic mass is 16.5. The molecule has 1 saturated heterocycles. The molecule has 7 nitrogen and oxygen atoms in total. The number of carbonyl (C=O) groups excluding carboxylic acids is 2. The highest BCUT2D eigenvalue weighted by Crippen LogP contribution is 2.41. The van der Waals surface area contributed by atoms with Gasteiger partial charge < -0.3 is 25.4 Å². The van der Waals surface area contributed by atoms with E-state index in [9.17, 15) is 9.59 Å². The van der Waals surface area contributed by atoms with Crippen molar-refractivity contribution in [2.75, 3.05) is 33.3 Å². The summed E-state index contributed by atoms with van der Waals surface area (Å²) in [6.45, 7) is 6.92. The SMILES string of the molecule is CNC(=O)c1cc(C(=O)NCCC2CNCCO2)cc2c1O[C@H](C)[C@H]2C. The quantitative estimate of drug-likeness (QED) is 0.729. The van der Waals surface area contributed by atoms with Gasteiger partial charge >= 0.3 is 0 Å². The van der Waals surface area contributed by atoms with E-state index in [1.54, 1.807) is 13.1 Å². The van der Waals surface area contributed by atoms with Gasteiger partial charge in [-0.15, -0.1) is 0 Å². The molecule has 2 aliphatic rings. The average molecular weight is 361 g/mol. The van der Waals surface area contributed by atoms with E-state index in [1.807, 2.05) is 19.9 Å². The van der Waals surface area contributed by atoms with Crippen LogP contribution in [0.3, 0.4) is 0 Å². The summed E-state index contributed by atoms with van der Waals surface area (Å²) in [4.78, 5) is 24.8. The second-order valence-corrected chi connectivity index (χ2v) is 6.87. The van der Waals surface area contributed by atoms with Gasteiger partial charge in [-0.3, -0.25) is 9.59 Å². The van der Waals surface area contributed by atoms with Gasteiger partial charge in [0.1, 0.15) is 11.9 Å². The van der Waals surface area contributed by atoms with Crippen LogP contribution < -0.4 is 20.7 Å². The zero-order valence-electron chi connectivity index (χ0n) is 15.6. The molecular weight excluding hydrogens is 334 g/mol. The van der Waals surface area contributed by atoms with Gasteiger partial charge in [0.15, 0.2) is 0 Å². The minimum absolute atomic E-state index is 0.0253. The van der Waals surface area contributed by atoms with E-state index in [0.717, 1.165) is 25.1 Å². The van der Waals surface area contributed by atoms with Crippen LogP contribution in [-0.4, -0.2) is 57.3 Å². The van der Waals surface area contributed by atoms with Crippen LogP contribution >= 0.6 is 0 Å². The lowest BCUT2D eigenvalue weighted by Gasteiger charge is -2.23. The molecule has 1 aromatic rings. The van der Waals surface area contributed by atoms with Crippen molar-refractivity contribution in [1.29, 1.82) is 0 Å². The molecule has 2 heterocycles. The minimum Gasteiger partial charge on any atom is -0.489 e. The Balaban J connectivity index is 1.72. The molecule has 0 spiro atoms. The van der Waals surface area contributed by atoms with Gasteiger partial charge in [-0.25, -0.2) is 0 Å². The Labute approximate surface area is 153 Å². The summed E-state index contributed by atoms with van der Waals surface area (Å²) in [6.07, 6.45) is 0.852. The number of rotatable bonds is 5. The highest BCUT2D eigenvalue weighted by Gasteiger charge is 2.32. The lowest BCUT2D eigenvalue weighted by atomic mass is 9.94. The predicted molar refractivity (Wildman–Crippen MR) is 97.9 cm³/mol. The lowest BCUT2D eigenvalue weighted by Crippen LogP contribution is -2.40. The second-order valence-electron chi connectivity index (χ2n) is 6.87. The number of amides is 2. The van der Waals surface area contributed by atoms with E-state index in [2.05, 4.69) is 16.0 Å². The molecule has 1 unspecified atom stereocenters. The van der Waals surface area contributed by atoms with Gasteiger partial charge in [0.25, 0.3) is 11.8 Å². The Hall–Kier alpha value is -2.12. The normalized spacial score (nSPS) is 24.5. The van der Waals surface area contributed by atoms with Crippen molar-refractivity contribution in [2.45, 2.75) is 38.4 Å². The zero-order chi connectivity index (χ0) is 18.7. The molecule has 2 aliphatic heterocycles. The monoisotopic (exact) mass is 361 g/mol. The molecular formula is C19H27N3O4. The van der Waals surface area contributed by atoms with Crippen LogP contribution in [-0.2, 0) is 4.74 Å². The van der Waals surface area contributed by atoms with Gasteiger partial charge in [-0.1, -0.05) is 6.92 Å². The summed E-state index contributed by atoms with van der Waals surface area (Å²) in [6, 6.07) is 3.44. The number of morpholine rings is 1. The van der Waals surface area contributed by atoms with Gasteiger partial charge in [-0.2, -0.15) is 0 Å². The first-order valence-corrected chi connectivity index (χ1v) is 9.18. The van der Waals surface area contributed by atoms with Gasteiger partial charge in [0.05, 0.1) is 18.3 Å². The summed E-state index contributed by atoms with van der Waals surface area (Å²) in [5.74, 6) is 0.276. The summed E-state index contributed by atoms with van der Waals surface area (Å²) >= 11 is 0. The smallest absolute Gasteiger partial charge is 0.254 e. The van der Waals surface area contributed by atoms with E-state index in [1.165, 1.54) is 0 Å². The molecule has 3 rings (SSSR count). The van der Waals surface area contributed by atoms with Crippen LogP contribution in [0, 0.1) is 0 Å². The molecule has 0 saturated carbocycles. The molecule has 1 fully saturated rings. The third-order valence-corrected chi connectivity index (χ3v) is 5.11. The van der Waals surface area contributed by atoms with Crippen LogP contribution in [0.15, 0.2) is 12.1 Å². The number of hydrogen-bond donors (Lipinski definition) is 3. The maximum absolute atomic E-state index is 12.6. The van der Waals surface area contributed by atoms with E-state index < -0.39 is 0 Å². The standard InChI is InChI=1S/C19H27N3O4/c1-11-12(2)26-17-15(11)8-13(9-16(17)19(24)20-3)18(23)22-5-4-14-10-21-6-7-25-14/h8-9,11-12,14,21H,4-7,10H2,1-3H3,(H,20,24)(H,22,23)/t11-,12-,14?/m1/s1. The van der Waals surface area contributed by atoms with Gasteiger partial charge in [0, 0.05) is 43.7 Å². The zero-order valence-corrected chi connectivity index (χ0v) is 15.6. The number of benzene rings is 1. The van der Waals surface area contributed by atoms with Crippen LogP contribution in [0.25, 0.3) is 0 Å². The minimum atomic E-state index is -0.251. The van der Waals surface area contributed by atoms with Crippen molar-refractivity contribution in [2.24, 2.45) is 0 Å². The van der Waals surface area contributed by atoms with Crippen molar-refractivity contribution in [1.82, 2.24) is 16.0 Å². The summed E-state index contributed by atoms with van der Waals surface area (Å²) in [7, 11) is 1.57. The fraction of sp³-hybridized carbons (Fsp3) is 0.579. The third kappa shape index (κ3) is 3.83. The first-order chi connectivity index (χ1) is 12.5. The highest BCUT2D eigenvalue weighted by molar-refractivity contribution is 6.02. The first kappa shape index (κ1) is 18.7. The molecule has 26 heavy (non-hydrogen) atoms. The van der Waals surface area contributed by atoms with Crippen LogP contribution in [0.2, 0.25) is 0 Å². The number of ether oxygens (including phenoxy) is 2. The number of carbonyl (C=O) groups is 2. The molecule has 0 radical (unpaired) electrons. The van der Waals surface area contributed by atoms with E-state index in [0.29, 0.717) is 30.0 Å². The Morgan fingerprint density at radius 2 is 2.08 bits per heavy atom. The molecule has 1 aromatic carbocycles. The average Bonchev–Trinajstić information content (AvgIpc) is 2.95. The molecule has 7 heteroatoms. The van der Waals surface area contributed by atoms with Crippen molar-refractivity contribution in [3.8, 4) is 5.75 Å². The Bertz CT molecular complexity index is 686. The van der Waals surface area contributed by atoms with Crippen molar-refractivity contribution in [3.63, 3.8) is 0 Å². The molecule has 0 aliphatic carbocycles. The van der Waals surface area contributed by atoms with Crippen molar-refractivity contribution in [3.05, 3.63) is 28.8 Å². The molecule has 2 amide bonds. The third-order valence-electron chi connectivity index (χ3n) is 5.11. The van der Waals surface area contributed by atoms with Gasteiger partial charge in [0.2, 0.25) is 0 Å². The molecule has 3 N–H and O–H groups in total. The largest absolute Gasteiger partial charge is 0.489 e. The van der Waals surface area contributed by atoms with Crippen LogP contribution in [0.5, 0.6) is 5.75 Å². The number of nitrogens with one attached hydrogen (secondary N) is 3. The van der Waals surface area contributed by atoms with E-state index >= 15 is 0 Å². The van der Waals surface area contributed by atoms with Gasteiger partial charge in [-0.05, 0) is 25.5 Å². The fourth-order valence-electron chi connectivity index (χ4n) is 3.35. The lowest BCUT2D eigenvalue weighted by molar-refractivity contribution is 0.0239. The van der Waals surface area contributed by atoms with Crippen molar-refractivity contribution < 1.29 is 19.1 Å². The van der Waals surface area contributed by atoms with Crippen LogP contribution in [0.1, 0.15) is 52.5 Å². The number of hydrogen-bond acceptors (Lipinski definition) is 5. The molecule has 142 valence electrons. The maximum atomic E-state index is 12.6. The predicted octanol–water partition coefficient (Wildman–Crippen LogP) is 1.04. The maximum Gasteiger partial charge on any atom is 0.254 e. The second kappa shape index (κ2) is 8.05. The fourth-order valence-corrected chi connectivity index (χ4v) is 3.35. The summed E-state index contributed by atoms with van der Waals surface area (Å²) in [5.41, 5.74) is 1.80. The van der Waals surface area contributed by atoms with E-state index in [4.69, 9.17) is 9.47 Å². The Morgan fingerprint density at radius 3 is 2.77 bits per heavy atom. The number of fused-ring (bicyclic) bond motifs is 1. The summed E-state index contributed by atoms with van der Waals surface area (Å²) in [5, 5.41) is 8.82. The Morgan fingerprint density at radius 1 is 1.27 bits per heavy atom. The van der Waals surface area contributed by atoms with E-state index in [-0.39, 0.29) is 29.9 Å². The van der Waals surface area contributed by atoms with Crippen molar-refractivity contribution >= 4 is 11.8 Å². The molecule has 0 bridgehead atoms. The van der Waals surface area contributed by atoms with Crippen LogP contribution in [0.4, 0.5) is 0 Å². The molecule has 3 atom stereocenters.